The van der Waals surface area contributed by atoms with Crippen LogP contribution in [0.1, 0.15) is 15.9 Å². The molecule has 0 aromatic heterocycles. The van der Waals surface area contributed by atoms with Crippen LogP contribution in [-0.2, 0) is 0 Å². The summed E-state index contributed by atoms with van der Waals surface area (Å²) in [6.07, 6.45) is 1.36. The van der Waals surface area contributed by atoms with Gasteiger partial charge >= 0.3 is 0 Å². The van der Waals surface area contributed by atoms with Gasteiger partial charge in [0.1, 0.15) is 5.75 Å². The van der Waals surface area contributed by atoms with Gasteiger partial charge in [0.05, 0.1) is 18.8 Å². The molecule has 0 radical (unpaired) electrons. The SMILES string of the molecule is COc1ccc(C(=O)/C=C(\C#N)c2ccccc2)cc1. The minimum Gasteiger partial charge on any atom is -0.497 e. The number of hydrogen-bond donors (Lipinski definition) is 0. The smallest absolute Gasteiger partial charge is 0.187 e. The Hall–Kier alpha value is -2.86. The molecular weight excluding hydrogens is 250 g/mol. The normalized spacial score (nSPS) is 10.7. The summed E-state index contributed by atoms with van der Waals surface area (Å²) in [5, 5.41) is 9.17. The Morgan fingerprint density at radius 1 is 1.05 bits per heavy atom. The summed E-state index contributed by atoms with van der Waals surface area (Å²) < 4.78 is 5.04. The summed E-state index contributed by atoms with van der Waals surface area (Å²) in [7, 11) is 1.57. The summed E-state index contributed by atoms with van der Waals surface area (Å²) in [6.45, 7) is 0. The van der Waals surface area contributed by atoms with Crippen LogP contribution in [0.4, 0.5) is 0 Å². The van der Waals surface area contributed by atoms with Crippen molar-refractivity contribution in [1.29, 1.82) is 5.26 Å². The summed E-state index contributed by atoms with van der Waals surface area (Å²) in [6, 6.07) is 18.0. The lowest BCUT2D eigenvalue weighted by Gasteiger charge is -2.01. The maximum atomic E-state index is 12.1. The Bertz CT molecular complexity index is 664. The number of allylic oxidation sites excluding steroid dienone is 2. The van der Waals surface area contributed by atoms with Crippen molar-refractivity contribution in [2.75, 3.05) is 7.11 Å². The van der Waals surface area contributed by atoms with Crippen molar-refractivity contribution >= 4 is 11.4 Å². The first-order valence-electron chi connectivity index (χ1n) is 6.10. The molecule has 98 valence electrons. The molecule has 0 saturated heterocycles. The minimum atomic E-state index is -0.201. The highest BCUT2D eigenvalue weighted by Gasteiger charge is 2.06. The van der Waals surface area contributed by atoms with Crippen LogP contribution < -0.4 is 4.74 Å². The molecule has 0 fully saturated rings. The van der Waals surface area contributed by atoms with E-state index in [1.807, 2.05) is 18.2 Å². The fourth-order valence-electron chi connectivity index (χ4n) is 1.77. The highest BCUT2D eigenvalue weighted by molar-refractivity contribution is 6.10. The van der Waals surface area contributed by atoms with E-state index >= 15 is 0 Å². The van der Waals surface area contributed by atoms with Crippen molar-refractivity contribution in [3.8, 4) is 11.8 Å². The maximum absolute atomic E-state index is 12.1. The van der Waals surface area contributed by atoms with E-state index in [0.717, 1.165) is 5.56 Å². The van der Waals surface area contributed by atoms with Gasteiger partial charge in [0.25, 0.3) is 0 Å². The van der Waals surface area contributed by atoms with Crippen molar-refractivity contribution in [2.24, 2.45) is 0 Å². The zero-order valence-corrected chi connectivity index (χ0v) is 11.0. The zero-order chi connectivity index (χ0) is 14.4. The van der Waals surface area contributed by atoms with Gasteiger partial charge in [0.2, 0.25) is 0 Å². The van der Waals surface area contributed by atoms with Gasteiger partial charge in [0, 0.05) is 11.6 Å². The molecule has 0 spiro atoms. The summed E-state index contributed by atoms with van der Waals surface area (Å²) in [4.78, 5) is 12.1. The number of rotatable bonds is 4. The molecule has 3 nitrogen and oxygen atoms in total. The van der Waals surface area contributed by atoms with Gasteiger partial charge in [-0.1, -0.05) is 30.3 Å². The number of hydrogen-bond acceptors (Lipinski definition) is 3. The van der Waals surface area contributed by atoms with Crippen LogP contribution in [-0.4, -0.2) is 12.9 Å². The van der Waals surface area contributed by atoms with E-state index in [1.54, 1.807) is 43.5 Å². The van der Waals surface area contributed by atoms with E-state index in [9.17, 15) is 4.79 Å². The lowest BCUT2D eigenvalue weighted by molar-refractivity contribution is 0.104. The largest absolute Gasteiger partial charge is 0.497 e. The van der Waals surface area contributed by atoms with Gasteiger partial charge < -0.3 is 4.74 Å². The second-order valence-corrected chi connectivity index (χ2v) is 4.13. The Kier molecular flexibility index (Phi) is 4.31. The molecule has 0 atom stereocenters. The number of benzene rings is 2. The monoisotopic (exact) mass is 263 g/mol. The molecule has 0 amide bonds. The van der Waals surface area contributed by atoms with Gasteiger partial charge in [-0.15, -0.1) is 0 Å². The van der Waals surface area contributed by atoms with Gasteiger partial charge in [-0.2, -0.15) is 5.26 Å². The van der Waals surface area contributed by atoms with Crippen LogP contribution in [0.2, 0.25) is 0 Å². The van der Waals surface area contributed by atoms with Crippen molar-refractivity contribution in [1.82, 2.24) is 0 Å². The van der Waals surface area contributed by atoms with Crippen LogP contribution in [0.15, 0.2) is 60.7 Å². The Labute approximate surface area is 117 Å². The van der Waals surface area contributed by atoms with Gasteiger partial charge in [0.15, 0.2) is 5.78 Å². The standard InChI is InChI=1S/C17H13NO2/c1-20-16-9-7-14(8-10-16)17(19)11-15(12-18)13-5-3-2-4-6-13/h2-11H,1H3/b15-11+. The molecule has 2 rings (SSSR count). The third kappa shape index (κ3) is 3.12. The molecule has 3 heteroatoms. The van der Waals surface area contributed by atoms with Crippen LogP contribution in [0, 0.1) is 11.3 Å². The predicted octanol–water partition coefficient (Wildman–Crippen LogP) is 3.49. The first-order valence-corrected chi connectivity index (χ1v) is 6.10. The van der Waals surface area contributed by atoms with Crippen molar-refractivity contribution < 1.29 is 9.53 Å². The number of ether oxygens (including phenoxy) is 1. The van der Waals surface area contributed by atoms with Gasteiger partial charge in [-0.3, -0.25) is 4.79 Å². The Morgan fingerprint density at radius 3 is 2.25 bits per heavy atom. The second kappa shape index (κ2) is 6.35. The van der Waals surface area contributed by atoms with Crippen LogP contribution in [0.25, 0.3) is 5.57 Å². The van der Waals surface area contributed by atoms with E-state index in [4.69, 9.17) is 10.00 Å². The average molecular weight is 263 g/mol. The number of nitriles is 1. The molecule has 0 N–H and O–H groups in total. The first kappa shape index (κ1) is 13.6. The van der Waals surface area contributed by atoms with Crippen molar-refractivity contribution in [3.63, 3.8) is 0 Å². The third-order valence-electron chi connectivity index (χ3n) is 2.86. The lowest BCUT2D eigenvalue weighted by Crippen LogP contribution is -1.96. The van der Waals surface area contributed by atoms with Gasteiger partial charge in [-0.05, 0) is 29.8 Å². The van der Waals surface area contributed by atoms with Gasteiger partial charge in [-0.25, -0.2) is 0 Å². The van der Waals surface area contributed by atoms with Crippen LogP contribution >= 0.6 is 0 Å². The maximum Gasteiger partial charge on any atom is 0.187 e. The van der Waals surface area contributed by atoms with E-state index in [0.29, 0.717) is 16.9 Å². The number of carbonyl (C=O) groups excluding carboxylic acids is 1. The number of carbonyl (C=O) groups is 1. The van der Waals surface area contributed by atoms with E-state index in [-0.39, 0.29) is 5.78 Å². The number of ketones is 1. The molecule has 0 saturated carbocycles. The molecule has 0 unspecified atom stereocenters. The third-order valence-corrected chi connectivity index (χ3v) is 2.86. The molecule has 2 aromatic rings. The second-order valence-electron chi connectivity index (χ2n) is 4.13. The average Bonchev–Trinajstić information content (AvgIpc) is 2.53. The predicted molar refractivity (Wildman–Crippen MR) is 77.4 cm³/mol. The zero-order valence-electron chi connectivity index (χ0n) is 11.0. The van der Waals surface area contributed by atoms with Crippen molar-refractivity contribution in [2.45, 2.75) is 0 Å². The lowest BCUT2D eigenvalue weighted by atomic mass is 10.0. The van der Waals surface area contributed by atoms with Crippen molar-refractivity contribution in [3.05, 3.63) is 71.8 Å². The fraction of sp³-hybridized carbons (Fsp3) is 0.0588. The molecule has 0 aliphatic heterocycles. The molecule has 0 aliphatic rings. The van der Waals surface area contributed by atoms with E-state index in [2.05, 4.69) is 6.07 Å². The van der Waals surface area contributed by atoms with E-state index < -0.39 is 0 Å². The number of nitrogens with zero attached hydrogens (tertiary/aromatic N) is 1. The molecular formula is C17H13NO2. The summed E-state index contributed by atoms with van der Waals surface area (Å²) in [5.74, 6) is 0.488. The van der Waals surface area contributed by atoms with Crippen LogP contribution in [0.5, 0.6) is 5.75 Å². The van der Waals surface area contributed by atoms with E-state index in [1.165, 1.54) is 6.08 Å². The molecule has 2 aromatic carbocycles. The molecule has 0 bridgehead atoms. The fourth-order valence-corrected chi connectivity index (χ4v) is 1.77. The first-order chi connectivity index (χ1) is 9.74. The summed E-state index contributed by atoms with van der Waals surface area (Å²) >= 11 is 0. The molecule has 0 aliphatic carbocycles. The summed E-state index contributed by atoms with van der Waals surface area (Å²) in [5.41, 5.74) is 1.61. The molecule has 20 heavy (non-hydrogen) atoms. The topological polar surface area (TPSA) is 50.1 Å². The number of methoxy groups -OCH3 is 1. The Balaban J connectivity index is 2.28. The highest BCUT2D eigenvalue weighted by atomic mass is 16.5. The quantitative estimate of drug-likeness (QED) is 0.482. The van der Waals surface area contributed by atoms with Crippen LogP contribution in [0.3, 0.4) is 0 Å². The Morgan fingerprint density at radius 2 is 1.70 bits per heavy atom. The highest BCUT2D eigenvalue weighted by Crippen LogP contribution is 2.16. The minimum absolute atomic E-state index is 0.201. The molecule has 0 heterocycles.